The molecule has 2 aromatic heterocycles. The van der Waals surface area contributed by atoms with Crippen molar-refractivity contribution in [1.82, 2.24) is 9.55 Å². The molecule has 0 radical (unpaired) electrons. The highest BCUT2D eigenvalue weighted by molar-refractivity contribution is 7.84. The van der Waals surface area contributed by atoms with Crippen LogP contribution < -0.4 is 0 Å². The third-order valence-electron chi connectivity index (χ3n) is 4.85. The van der Waals surface area contributed by atoms with Gasteiger partial charge in [-0.2, -0.15) is 0 Å². The van der Waals surface area contributed by atoms with Crippen molar-refractivity contribution >= 4 is 34.0 Å². The maximum atomic E-state index is 12.2. The average Bonchev–Trinajstić information content (AvgIpc) is 3.46. The number of thiophene rings is 1. The summed E-state index contributed by atoms with van der Waals surface area (Å²) in [6.07, 6.45) is 3.56. The van der Waals surface area contributed by atoms with Gasteiger partial charge in [0.05, 0.1) is 12.1 Å². The molecule has 0 saturated heterocycles. The molecule has 0 saturated carbocycles. The van der Waals surface area contributed by atoms with Crippen molar-refractivity contribution in [2.24, 2.45) is 4.99 Å². The van der Waals surface area contributed by atoms with E-state index in [1.807, 2.05) is 61.0 Å². The van der Waals surface area contributed by atoms with Crippen molar-refractivity contribution in [2.45, 2.75) is 37.6 Å². The predicted octanol–water partition coefficient (Wildman–Crippen LogP) is 4.00. The number of ether oxygens (including phenoxy) is 2. The molecule has 1 unspecified atom stereocenters. The first-order valence-corrected chi connectivity index (χ1v) is 12.6. The van der Waals surface area contributed by atoms with Gasteiger partial charge in [-0.05, 0) is 50.6 Å². The third-order valence-corrected chi connectivity index (χ3v) is 6.90. The lowest BCUT2D eigenvalue weighted by Crippen LogP contribution is -2.17. The van der Waals surface area contributed by atoms with E-state index in [0.717, 1.165) is 20.3 Å². The normalized spacial score (nSPS) is 15.8. The molecule has 1 aliphatic rings. The molecule has 168 valence electrons. The fourth-order valence-electron chi connectivity index (χ4n) is 3.33. The van der Waals surface area contributed by atoms with Crippen LogP contribution in [0.15, 0.2) is 52.5 Å². The van der Waals surface area contributed by atoms with Gasteiger partial charge < -0.3 is 9.47 Å². The lowest BCUT2D eigenvalue weighted by Gasteiger charge is -2.07. The summed E-state index contributed by atoms with van der Waals surface area (Å²) >= 11 is 1.56. The summed E-state index contributed by atoms with van der Waals surface area (Å²) in [7, 11) is -1.05. The zero-order valence-corrected chi connectivity index (χ0v) is 20.1. The minimum atomic E-state index is -1.05. The summed E-state index contributed by atoms with van der Waals surface area (Å²) in [5.41, 5.74) is 1.28. The van der Waals surface area contributed by atoms with E-state index in [4.69, 9.17) is 9.47 Å². The summed E-state index contributed by atoms with van der Waals surface area (Å²) in [4.78, 5) is 23.3. The van der Waals surface area contributed by atoms with Crippen molar-refractivity contribution in [2.75, 3.05) is 19.5 Å². The second kappa shape index (κ2) is 8.99. The maximum Gasteiger partial charge on any atom is 0.313 e. The van der Waals surface area contributed by atoms with Gasteiger partial charge in [0.1, 0.15) is 29.5 Å². The Bertz CT molecular complexity index is 1210. The number of carbonyl (C=O) groups is 1. The Kier molecular flexibility index (Phi) is 6.30. The number of esters is 1. The third kappa shape index (κ3) is 4.83. The average molecular weight is 472 g/mol. The second-order valence-electron chi connectivity index (χ2n) is 8.03. The van der Waals surface area contributed by atoms with E-state index in [9.17, 15) is 9.00 Å². The van der Waals surface area contributed by atoms with E-state index in [1.54, 1.807) is 24.5 Å². The summed E-state index contributed by atoms with van der Waals surface area (Å²) < 4.78 is 24.6. The molecule has 0 bridgehead atoms. The topological polar surface area (TPSA) is 82.8 Å². The van der Waals surface area contributed by atoms with Crippen molar-refractivity contribution < 1.29 is 18.5 Å². The number of hydrogen-bond donors (Lipinski definition) is 0. The van der Waals surface area contributed by atoms with Gasteiger partial charge in [-0.25, -0.2) is 9.98 Å². The molecule has 1 aliphatic heterocycles. The number of hydrogen-bond acceptors (Lipinski definition) is 7. The molecule has 1 aromatic carbocycles. The predicted molar refractivity (Wildman–Crippen MR) is 126 cm³/mol. The molecule has 9 heteroatoms. The highest BCUT2D eigenvalue weighted by atomic mass is 32.2. The monoisotopic (exact) mass is 471 g/mol. The Hall–Kier alpha value is -2.78. The van der Waals surface area contributed by atoms with Crippen LogP contribution in [0, 0.1) is 0 Å². The number of benzene rings is 1. The molecule has 0 N–H and O–H groups in total. The fourth-order valence-corrected chi connectivity index (χ4v) is 4.90. The van der Waals surface area contributed by atoms with Gasteiger partial charge in [-0.3, -0.25) is 13.6 Å². The molecule has 0 amide bonds. The highest BCUT2D eigenvalue weighted by Crippen LogP contribution is 2.32. The summed E-state index contributed by atoms with van der Waals surface area (Å²) in [6, 6.07) is 11.7. The van der Waals surface area contributed by atoms with Crippen LogP contribution >= 0.6 is 11.3 Å². The van der Waals surface area contributed by atoms with Crippen LogP contribution in [0.1, 0.15) is 32.3 Å². The van der Waals surface area contributed by atoms with Crippen molar-refractivity contribution in [3.63, 3.8) is 0 Å². The minimum absolute atomic E-state index is 0.0437. The van der Waals surface area contributed by atoms with Gasteiger partial charge in [-0.15, -0.1) is 11.3 Å². The molecule has 0 fully saturated rings. The van der Waals surface area contributed by atoms with Crippen molar-refractivity contribution in [3.05, 3.63) is 54.1 Å². The first kappa shape index (κ1) is 22.4. The Labute approximate surface area is 193 Å². The van der Waals surface area contributed by atoms with E-state index in [1.165, 1.54) is 0 Å². The Morgan fingerprint density at radius 2 is 2.12 bits per heavy atom. The minimum Gasteiger partial charge on any atom is -0.474 e. The Balaban J connectivity index is 1.71. The molecule has 1 atom stereocenters. The summed E-state index contributed by atoms with van der Waals surface area (Å²) in [5.74, 6) is 0.704. The van der Waals surface area contributed by atoms with Gasteiger partial charge in [0.2, 0.25) is 5.90 Å². The summed E-state index contributed by atoms with van der Waals surface area (Å²) in [5, 5.41) is 0.902. The maximum absolute atomic E-state index is 12.2. The summed E-state index contributed by atoms with van der Waals surface area (Å²) in [6.45, 7) is 6.58. The SMILES string of the molecule is CCOC(=O)Cc1nc(C2=NC(C)(C)CO2)cn1-c1ccc(-c2cccc(S(C)=O)c2)s1. The van der Waals surface area contributed by atoms with Crippen LogP contribution in [0.2, 0.25) is 0 Å². The van der Waals surface area contributed by atoms with E-state index in [2.05, 4.69) is 9.98 Å². The number of imidazole rings is 1. The van der Waals surface area contributed by atoms with Gasteiger partial charge in [0.15, 0.2) is 0 Å². The second-order valence-corrected chi connectivity index (χ2v) is 10.5. The van der Waals surface area contributed by atoms with Crippen LogP contribution in [0.4, 0.5) is 0 Å². The molecular weight excluding hydrogens is 446 g/mol. The van der Waals surface area contributed by atoms with Crippen LogP contribution in [0.3, 0.4) is 0 Å². The Morgan fingerprint density at radius 1 is 1.31 bits per heavy atom. The zero-order chi connectivity index (χ0) is 22.9. The molecule has 3 heterocycles. The first-order chi connectivity index (χ1) is 15.3. The number of aromatic nitrogens is 2. The van der Waals surface area contributed by atoms with Crippen LogP contribution in [-0.2, 0) is 31.5 Å². The van der Waals surface area contributed by atoms with Gasteiger partial charge in [-0.1, -0.05) is 12.1 Å². The molecule has 4 rings (SSSR count). The number of aliphatic imine (C=N–C) groups is 1. The largest absolute Gasteiger partial charge is 0.474 e. The van der Waals surface area contributed by atoms with Crippen molar-refractivity contribution in [3.8, 4) is 15.4 Å². The molecule has 7 nitrogen and oxygen atoms in total. The lowest BCUT2D eigenvalue weighted by molar-refractivity contribution is -0.142. The number of carbonyl (C=O) groups excluding carboxylic acids is 1. The first-order valence-electron chi connectivity index (χ1n) is 10.3. The van der Waals surface area contributed by atoms with E-state index < -0.39 is 10.8 Å². The number of nitrogens with zero attached hydrogens (tertiary/aromatic N) is 3. The van der Waals surface area contributed by atoms with E-state index >= 15 is 0 Å². The van der Waals surface area contributed by atoms with Gasteiger partial charge in [0.25, 0.3) is 0 Å². The number of rotatable bonds is 7. The molecule has 0 spiro atoms. The van der Waals surface area contributed by atoms with Crippen LogP contribution in [0.5, 0.6) is 0 Å². The van der Waals surface area contributed by atoms with Crippen molar-refractivity contribution in [1.29, 1.82) is 0 Å². The molecule has 3 aromatic rings. The molecule has 0 aliphatic carbocycles. The zero-order valence-electron chi connectivity index (χ0n) is 18.5. The fraction of sp³-hybridized carbons (Fsp3) is 0.348. The van der Waals surface area contributed by atoms with Gasteiger partial charge in [0, 0.05) is 33.0 Å². The van der Waals surface area contributed by atoms with Crippen LogP contribution in [-0.4, -0.2) is 50.6 Å². The molecule has 32 heavy (non-hydrogen) atoms. The standard InChI is InChI=1S/C23H25N3O4S2/c1-5-29-21(27)12-19-24-17(22-25-23(2,3)14-30-22)13-26(19)20-10-9-18(31-20)15-7-6-8-16(11-15)32(4)28/h6-11,13H,5,12,14H2,1-4H3. The Morgan fingerprint density at radius 3 is 2.81 bits per heavy atom. The highest BCUT2D eigenvalue weighted by Gasteiger charge is 2.29. The smallest absolute Gasteiger partial charge is 0.313 e. The van der Waals surface area contributed by atoms with Crippen LogP contribution in [0.25, 0.3) is 15.4 Å². The lowest BCUT2D eigenvalue weighted by atomic mass is 10.1. The van der Waals surface area contributed by atoms with E-state index in [0.29, 0.717) is 30.6 Å². The van der Waals surface area contributed by atoms with E-state index in [-0.39, 0.29) is 17.9 Å². The quantitative estimate of drug-likeness (QED) is 0.487. The van der Waals surface area contributed by atoms with Gasteiger partial charge >= 0.3 is 5.97 Å². The molecular formula is C23H25N3O4S2.